The largest absolute Gasteiger partial charge is 0.493 e. The summed E-state index contributed by atoms with van der Waals surface area (Å²) in [6.45, 7) is 2.42. The van der Waals surface area contributed by atoms with Gasteiger partial charge in [-0.05, 0) is 49.4 Å². The molecule has 3 aromatic rings. The molecular formula is C23H21BrN2O4. The van der Waals surface area contributed by atoms with Gasteiger partial charge in [-0.2, -0.15) is 5.10 Å². The molecule has 0 atom stereocenters. The Balaban J connectivity index is 1.73. The van der Waals surface area contributed by atoms with Crippen molar-refractivity contribution in [1.82, 2.24) is 5.43 Å². The van der Waals surface area contributed by atoms with Crippen molar-refractivity contribution in [3.8, 4) is 17.2 Å². The molecule has 1 amide bonds. The van der Waals surface area contributed by atoms with E-state index in [1.165, 1.54) is 6.21 Å². The Morgan fingerprint density at radius 2 is 1.60 bits per heavy atom. The molecule has 0 unspecified atom stereocenters. The fraction of sp³-hybridized carbons (Fsp3) is 0.130. The smallest absolute Gasteiger partial charge is 0.323 e. The van der Waals surface area contributed by atoms with E-state index in [9.17, 15) is 4.79 Å². The topological polar surface area (TPSA) is 69.2 Å². The van der Waals surface area contributed by atoms with Gasteiger partial charge in [0.1, 0.15) is 17.2 Å². The Kier molecular flexibility index (Phi) is 7.86. The van der Waals surface area contributed by atoms with Gasteiger partial charge in [0.2, 0.25) is 0 Å². The summed E-state index contributed by atoms with van der Waals surface area (Å²) in [5, 5.41) is 4.04. The highest BCUT2D eigenvalue weighted by atomic mass is 79.9. The van der Waals surface area contributed by atoms with Crippen molar-refractivity contribution in [3.05, 3.63) is 88.9 Å². The van der Waals surface area contributed by atoms with Gasteiger partial charge in [-0.25, -0.2) is 5.43 Å². The predicted molar refractivity (Wildman–Crippen MR) is 119 cm³/mol. The van der Waals surface area contributed by atoms with Crippen molar-refractivity contribution in [1.29, 1.82) is 0 Å². The fourth-order valence-electron chi connectivity index (χ4n) is 2.50. The quantitative estimate of drug-likeness (QED) is 0.278. The van der Waals surface area contributed by atoms with Crippen molar-refractivity contribution in [3.63, 3.8) is 0 Å². The van der Waals surface area contributed by atoms with Crippen molar-refractivity contribution in [2.24, 2.45) is 5.10 Å². The second kappa shape index (κ2) is 11.0. The molecule has 0 heterocycles. The molecule has 0 aliphatic heterocycles. The van der Waals surface area contributed by atoms with Gasteiger partial charge in [0, 0.05) is 10.0 Å². The van der Waals surface area contributed by atoms with E-state index in [0.29, 0.717) is 23.9 Å². The number of nitrogens with zero attached hydrogens (tertiary/aromatic N) is 1. The second-order valence-corrected chi connectivity index (χ2v) is 6.96. The highest BCUT2D eigenvalue weighted by Gasteiger charge is 2.22. The lowest BCUT2D eigenvalue weighted by Gasteiger charge is -2.18. The summed E-state index contributed by atoms with van der Waals surface area (Å²) < 4.78 is 17.9. The SMILES string of the molecule is CCOc1ccc(Br)cc1C=NNC(=O)C(Oc1ccccc1)Oc1ccccc1. The first-order valence-corrected chi connectivity index (χ1v) is 10.1. The number of ether oxygens (including phenoxy) is 3. The molecule has 0 aliphatic carbocycles. The Morgan fingerprint density at radius 3 is 2.17 bits per heavy atom. The van der Waals surface area contributed by atoms with Crippen LogP contribution in [0.25, 0.3) is 0 Å². The number of nitrogens with one attached hydrogen (secondary N) is 1. The number of halogens is 1. The molecule has 0 spiro atoms. The lowest BCUT2D eigenvalue weighted by atomic mass is 10.2. The zero-order chi connectivity index (χ0) is 21.2. The van der Waals surface area contributed by atoms with Crippen LogP contribution in [-0.2, 0) is 4.79 Å². The molecule has 7 heteroatoms. The van der Waals surface area contributed by atoms with Gasteiger partial charge in [0.25, 0.3) is 0 Å². The summed E-state index contributed by atoms with van der Waals surface area (Å²) in [6.07, 6.45) is 0.288. The molecule has 1 N–H and O–H groups in total. The maximum absolute atomic E-state index is 12.7. The minimum atomic E-state index is -1.22. The van der Waals surface area contributed by atoms with Crippen molar-refractivity contribution in [2.45, 2.75) is 13.2 Å². The summed E-state index contributed by atoms with van der Waals surface area (Å²) in [6, 6.07) is 23.5. The van der Waals surface area contributed by atoms with E-state index in [2.05, 4.69) is 26.5 Å². The van der Waals surface area contributed by atoms with E-state index >= 15 is 0 Å². The first kappa shape index (κ1) is 21.4. The molecule has 0 radical (unpaired) electrons. The average molecular weight is 469 g/mol. The van der Waals surface area contributed by atoms with Crippen LogP contribution in [0.4, 0.5) is 0 Å². The fourth-order valence-corrected chi connectivity index (χ4v) is 2.88. The van der Waals surface area contributed by atoms with E-state index < -0.39 is 12.2 Å². The number of hydrogen-bond acceptors (Lipinski definition) is 5. The van der Waals surface area contributed by atoms with E-state index in [1.54, 1.807) is 24.3 Å². The zero-order valence-corrected chi connectivity index (χ0v) is 17.9. The Labute approximate surface area is 183 Å². The minimum Gasteiger partial charge on any atom is -0.493 e. The number of para-hydroxylation sites is 2. The van der Waals surface area contributed by atoms with Crippen LogP contribution in [0.3, 0.4) is 0 Å². The molecule has 0 aliphatic rings. The van der Waals surface area contributed by atoms with Crippen LogP contribution in [0.15, 0.2) is 88.4 Å². The highest BCUT2D eigenvalue weighted by molar-refractivity contribution is 9.10. The first-order valence-electron chi connectivity index (χ1n) is 9.34. The summed E-state index contributed by atoms with van der Waals surface area (Å²) in [4.78, 5) is 12.7. The van der Waals surface area contributed by atoms with Crippen molar-refractivity contribution >= 4 is 28.1 Å². The Hall–Kier alpha value is -3.32. The molecule has 0 saturated carbocycles. The van der Waals surface area contributed by atoms with Crippen LogP contribution >= 0.6 is 15.9 Å². The van der Waals surface area contributed by atoms with Gasteiger partial charge in [-0.3, -0.25) is 4.79 Å². The normalized spacial score (nSPS) is 10.8. The summed E-state index contributed by atoms with van der Waals surface area (Å²) in [5.41, 5.74) is 3.19. The van der Waals surface area contributed by atoms with Gasteiger partial charge in [-0.1, -0.05) is 52.3 Å². The maximum Gasteiger partial charge on any atom is 0.323 e. The molecule has 30 heavy (non-hydrogen) atoms. The monoisotopic (exact) mass is 468 g/mol. The summed E-state index contributed by atoms with van der Waals surface area (Å²) in [5.74, 6) is 1.12. The van der Waals surface area contributed by atoms with Crippen LogP contribution in [0.1, 0.15) is 12.5 Å². The maximum atomic E-state index is 12.7. The Morgan fingerprint density at radius 1 is 1.00 bits per heavy atom. The molecule has 6 nitrogen and oxygen atoms in total. The van der Waals surface area contributed by atoms with E-state index in [1.807, 2.05) is 61.5 Å². The molecule has 0 fully saturated rings. The van der Waals surface area contributed by atoms with Gasteiger partial charge in [0.05, 0.1) is 12.8 Å². The number of carbonyl (C=O) groups excluding carboxylic acids is 1. The molecular weight excluding hydrogens is 448 g/mol. The zero-order valence-electron chi connectivity index (χ0n) is 16.3. The number of rotatable bonds is 9. The summed E-state index contributed by atoms with van der Waals surface area (Å²) in [7, 11) is 0. The van der Waals surface area contributed by atoms with E-state index in [4.69, 9.17) is 14.2 Å². The van der Waals surface area contributed by atoms with Crippen LogP contribution in [-0.4, -0.2) is 25.0 Å². The van der Waals surface area contributed by atoms with Crippen LogP contribution in [0, 0.1) is 0 Å². The average Bonchev–Trinajstić information content (AvgIpc) is 2.76. The van der Waals surface area contributed by atoms with E-state index in [0.717, 1.165) is 10.0 Å². The lowest BCUT2D eigenvalue weighted by molar-refractivity contribution is -0.140. The van der Waals surface area contributed by atoms with Crippen LogP contribution in [0.5, 0.6) is 17.2 Å². The number of hydrogen-bond donors (Lipinski definition) is 1. The molecule has 3 aromatic carbocycles. The minimum absolute atomic E-state index is 0.503. The number of hydrazone groups is 1. The number of amides is 1. The molecule has 0 aromatic heterocycles. The molecule has 154 valence electrons. The van der Waals surface area contributed by atoms with E-state index in [-0.39, 0.29) is 0 Å². The number of carbonyl (C=O) groups is 1. The lowest BCUT2D eigenvalue weighted by Crippen LogP contribution is -2.40. The summed E-state index contributed by atoms with van der Waals surface area (Å²) >= 11 is 3.42. The molecule has 3 rings (SSSR count). The van der Waals surface area contributed by atoms with Crippen LogP contribution in [0.2, 0.25) is 0 Å². The van der Waals surface area contributed by atoms with Crippen molar-refractivity contribution in [2.75, 3.05) is 6.61 Å². The van der Waals surface area contributed by atoms with Crippen molar-refractivity contribution < 1.29 is 19.0 Å². The highest BCUT2D eigenvalue weighted by Crippen LogP contribution is 2.22. The third-order valence-electron chi connectivity index (χ3n) is 3.84. The second-order valence-electron chi connectivity index (χ2n) is 6.04. The molecule has 0 saturated heterocycles. The van der Waals surface area contributed by atoms with Gasteiger partial charge in [0.15, 0.2) is 0 Å². The Bertz CT molecular complexity index is 940. The van der Waals surface area contributed by atoms with Gasteiger partial charge >= 0.3 is 12.2 Å². The standard InChI is InChI=1S/C23H21BrN2O4/c1-2-28-21-14-13-18(24)15-17(21)16-25-26-22(27)23(29-19-9-5-3-6-10-19)30-20-11-7-4-8-12-20/h3-16,23H,2H2,1H3,(H,26,27). The number of benzene rings is 3. The molecule has 0 bridgehead atoms. The third kappa shape index (κ3) is 6.35. The van der Waals surface area contributed by atoms with Gasteiger partial charge in [-0.15, -0.1) is 0 Å². The van der Waals surface area contributed by atoms with Gasteiger partial charge < -0.3 is 14.2 Å². The van der Waals surface area contributed by atoms with Crippen LogP contribution < -0.4 is 19.6 Å². The first-order chi connectivity index (χ1) is 14.7. The predicted octanol–water partition coefficient (Wildman–Crippen LogP) is 4.78. The third-order valence-corrected chi connectivity index (χ3v) is 4.33.